The van der Waals surface area contributed by atoms with E-state index < -0.39 is 18.4 Å². The third-order valence-electron chi connectivity index (χ3n) is 4.27. The van der Waals surface area contributed by atoms with Crippen molar-refractivity contribution in [1.29, 1.82) is 0 Å². The molecule has 2 N–H and O–H groups in total. The fourth-order valence-corrected chi connectivity index (χ4v) is 3.49. The lowest BCUT2D eigenvalue weighted by Gasteiger charge is -2.18. The number of anilines is 2. The molecule has 0 unspecified atom stereocenters. The summed E-state index contributed by atoms with van der Waals surface area (Å²) in [5, 5.41) is 12.5. The number of amides is 1. The minimum atomic E-state index is -4.78. The molecule has 1 aliphatic heterocycles. The van der Waals surface area contributed by atoms with Gasteiger partial charge in [-0.2, -0.15) is 0 Å². The largest absolute Gasteiger partial charge is 0.573 e. The maximum absolute atomic E-state index is 12.4. The highest BCUT2D eigenvalue weighted by molar-refractivity contribution is 9.10. The normalized spacial score (nSPS) is 19.3. The van der Waals surface area contributed by atoms with E-state index in [1.165, 1.54) is 25.4 Å². The number of aliphatic hydroxyl groups is 1. The van der Waals surface area contributed by atoms with Crippen LogP contribution in [0.4, 0.5) is 24.7 Å². The van der Waals surface area contributed by atoms with E-state index in [4.69, 9.17) is 4.74 Å². The molecular formula is C18H17BrF3N3O4. The van der Waals surface area contributed by atoms with Crippen molar-refractivity contribution in [3.8, 4) is 5.75 Å². The first-order chi connectivity index (χ1) is 13.7. The van der Waals surface area contributed by atoms with Crippen molar-refractivity contribution >= 4 is 33.3 Å². The molecule has 156 valence electrons. The number of hydrogen-bond acceptors (Lipinski definition) is 6. The third kappa shape index (κ3) is 5.37. The first-order valence-corrected chi connectivity index (χ1v) is 9.24. The van der Waals surface area contributed by atoms with Gasteiger partial charge in [-0.05, 0) is 46.3 Å². The molecule has 1 aliphatic rings. The number of aliphatic hydroxyl groups excluding tert-OH is 1. The van der Waals surface area contributed by atoms with Gasteiger partial charge in [0.15, 0.2) is 0 Å². The molecule has 1 aromatic heterocycles. The summed E-state index contributed by atoms with van der Waals surface area (Å²) in [5.41, 5.74) is 0.551. The van der Waals surface area contributed by atoms with Crippen LogP contribution in [0.2, 0.25) is 0 Å². The SMILES string of the molecule is CO[C@@H]1CN(c2ncc(C(=O)Nc3ccc(OC(F)(F)F)cc3)cc2Br)C[C@H]1O. The number of carbonyl (C=O) groups is 1. The molecule has 0 radical (unpaired) electrons. The van der Waals surface area contributed by atoms with Gasteiger partial charge in [0, 0.05) is 32.1 Å². The van der Waals surface area contributed by atoms with Crippen LogP contribution in [-0.4, -0.2) is 54.8 Å². The summed E-state index contributed by atoms with van der Waals surface area (Å²) >= 11 is 3.38. The molecule has 2 aromatic rings. The molecule has 1 aromatic carbocycles. The molecule has 0 bridgehead atoms. The number of hydrogen-bond donors (Lipinski definition) is 2. The van der Waals surface area contributed by atoms with Crippen LogP contribution in [0.25, 0.3) is 0 Å². The number of nitrogens with one attached hydrogen (secondary N) is 1. The highest BCUT2D eigenvalue weighted by Gasteiger charge is 2.33. The van der Waals surface area contributed by atoms with Crippen LogP contribution in [-0.2, 0) is 4.74 Å². The Balaban J connectivity index is 1.66. The summed E-state index contributed by atoms with van der Waals surface area (Å²) in [4.78, 5) is 18.5. The smallest absolute Gasteiger partial charge is 0.406 e. The number of nitrogens with zero attached hydrogens (tertiary/aromatic N) is 2. The lowest BCUT2D eigenvalue weighted by Crippen LogP contribution is -2.25. The monoisotopic (exact) mass is 475 g/mol. The Morgan fingerprint density at radius 1 is 1.31 bits per heavy atom. The number of pyridine rings is 1. The maximum atomic E-state index is 12.4. The van der Waals surface area contributed by atoms with Gasteiger partial charge in [-0.25, -0.2) is 4.98 Å². The lowest BCUT2D eigenvalue weighted by atomic mass is 10.2. The van der Waals surface area contributed by atoms with Gasteiger partial charge < -0.3 is 24.8 Å². The second kappa shape index (κ2) is 8.56. The Kier molecular flexibility index (Phi) is 6.30. The van der Waals surface area contributed by atoms with Crippen molar-refractivity contribution in [3.63, 3.8) is 0 Å². The second-order valence-electron chi connectivity index (χ2n) is 6.30. The first-order valence-electron chi connectivity index (χ1n) is 8.45. The van der Waals surface area contributed by atoms with Crippen LogP contribution >= 0.6 is 15.9 Å². The highest BCUT2D eigenvalue weighted by Crippen LogP contribution is 2.29. The summed E-state index contributed by atoms with van der Waals surface area (Å²) in [7, 11) is 1.52. The number of benzene rings is 1. The molecule has 3 rings (SSSR count). The van der Waals surface area contributed by atoms with E-state index >= 15 is 0 Å². The molecule has 0 saturated carbocycles. The molecular weight excluding hydrogens is 459 g/mol. The van der Waals surface area contributed by atoms with Crippen LogP contribution in [0.1, 0.15) is 10.4 Å². The summed E-state index contributed by atoms with van der Waals surface area (Å²) < 4.78 is 46.1. The summed E-state index contributed by atoms with van der Waals surface area (Å²) in [5.74, 6) is -0.300. The Bertz CT molecular complexity index is 880. The standard InChI is InChI=1S/C18H17BrF3N3O4/c1-28-15-9-25(8-14(15)26)16-13(19)6-10(7-23-16)17(27)24-11-2-4-12(5-3-11)29-18(20,21)22/h2-7,14-15,26H,8-9H2,1H3,(H,24,27)/t14-,15-/m1/s1. The van der Waals surface area contributed by atoms with E-state index in [-0.39, 0.29) is 17.4 Å². The van der Waals surface area contributed by atoms with Crippen LogP contribution in [0, 0.1) is 0 Å². The zero-order valence-electron chi connectivity index (χ0n) is 15.1. The minimum Gasteiger partial charge on any atom is -0.406 e. The number of alkyl halides is 3. The fourth-order valence-electron chi connectivity index (χ4n) is 2.89. The Morgan fingerprint density at radius 2 is 2.00 bits per heavy atom. The number of carbonyl (C=O) groups excluding carboxylic acids is 1. The van der Waals surface area contributed by atoms with Crippen molar-refractivity contribution in [2.45, 2.75) is 18.6 Å². The predicted molar refractivity (Wildman–Crippen MR) is 102 cm³/mol. The Hall–Kier alpha value is -2.37. The summed E-state index contributed by atoms with van der Waals surface area (Å²) in [6.45, 7) is 0.809. The Labute approximate surface area is 172 Å². The predicted octanol–water partition coefficient (Wildman–Crippen LogP) is 3.19. The zero-order valence-corrected chi connectivity index (χ0v) is 16.7. The molecule has 1 fully saturated rings. The molecule has 11 heteroatoms. The van der Waals surface area contributed by atoms with Gasteiger partial charge in [0.1, 0.15) is 17.7 Å². The molecule has 0 spiro atoms. The fraction of sp³-hybridized carbons (Fsp3) is 0.333. The topological polar surface area (TPSA) is 83.9 Å². The lowest BCUT2D eigenvalue weighted by molar-refractivity contribution is -0.274. The van der Waals surface area contributed by atoms with E-state index in [0.717, 1.165) is 12.1 Å². The van der Waals surface area contributed by atoms with E-state index in [0.29, 0.717) is 29.1 Å². The average molecular weight is 476 g/mol. The van der Waals surface area contributed by atoms with E-state index in [1.807, 2.05) is 4.90 Å². The summed E-state index contributed by atoms with van der Waals surface area (Å²) in [6, 6.07) is 6.38. The Morgan fingerprint density at radius 3 is 2.55 bits per heavy atom. The van der Waals surface area contributed by atoms with Crippen molar-refractivity contribution in [2.75, 3.05) is 30.4 Å². The van der Waals surface area contributed by atoms with Crippen LogP contribution in [0.5, 0.6) is 5.75 Å². The second-order valence-corrected chi connectivity index (χ2v) is 7.16. The average Bonchev–Trinajstić information content (AvgIpc) is 3.02. The van der Waals surface area contributed by atoms with Crippen LogP contribution in [0.3, 0.4) is 0 Å². The number of β-amino-alcohol motifs (C(OH)–C–C–N with tert-alkyl or cyclic N) is 1. The molecule has 2 heterocycles. The van der Waals surface area contributed by atoms with E-state index in [2.05, 4.69) is 31.0 Å². The van der Waals surface area contributed by atoms with Gasteiger partial charge in [0.25, 0.3) is 5.91 Å². The van der Waals surface area contributed by atoms with Crippen molar-refractivity contribution < 1.29 is 32.5 Å². The van der Waals surface area contributed by atoms with E-state index in [1.54, 1.807) is 6.07 Å². The number of halogens is 4. The molecule has 1 amide bonds. The van der Waals surface area contributed by atoms with Crippen LogP contribution in [0.15, 0.2) is 41.0 Å². The molecule has 29 heavy (non-hydrogen) atoms. The highest BCUT2D eigenvalue weighted by atomic mass is 79.9. The number of ether oxygens (including phenoxy) is 2. The zero-order chi connectivity index (χ0) is 21.2. The number of rotatable bonds is 5. The quantitative estimate of drug-likeness (QED) is 0.690. The first kappa shape index (κ1) is 21.3. The molecule has 0 aliphatic carbocycles. The van der Waals surface area contributed by atoms with Crippen LogP contribution < -0.4 is 15.0 Å². The van der Waals surface area contributed by atoms with Crippen molar-refractivity contribution in [2.24, 2.45) is 0 Å². The third-order valence-corrected chi connectivity index (χ3v) is 4.85. The van der Waals surface area contributed by atoms with Gasteiger partial charge in [0.05, 0.1) is 16.1 Å². The van der Waals surface area contributed by atoms with Gasteiger partial charge in [0.2, 0.25) is 0 Å². The molecule has 2 atom stereocenters. The molecule has 7 nitrogen and oxygen atoms in total. The van der Waals surface area contributed by atoms with Crippen molar-refractivity contribution in [3.05, 3.63) is 46.6 Å². The van der Waals surface area contributed by atoms with E-state index in [9.17, 15) is 23.1 Å². The maximum Gasteiger partial charge on any atom is 0.573 e. The van der Waals surface area contributed by atoms with Gasteiger partial charge in [-0.15, -0.1) is 13.2 Å². The number of methoxy groups -OCH3 is 1. The summed E-state index contributed by atoms with van der Waals surface area (Å²) in [6.07, 6.45) is -4.36. The minimum absolute atomic E-state index is 0.249. The molecule has 1 saturated heterocycles. The van der Waals surface area contributed by atoms with Crippen molar-refractivity contribution in [1.82, 2.24) is 4.98 Å². The number of aromatic nitrogens is 1. The van der Waals surface area contributed by atoms with Gasteiger partial charge in [-0.1, -0.05) is 0 Å². The van der Waals surface area contributed by atoms with Gasteiger partial charge >= 0.3 is 6.36 Å². The van der Waals surface area contributed by atoms with Gasteiger partial charge in [-0.3, -0.25) is 4.79 Å².